The third kappa shape index (κ3) is 2.22. The predicted octanol–water partition coefficient (Wildman–Crippen LogP) is 3.40. The first-order valence-electron chi connectivity index (χ1n) is 6.57. The average molecular weight is 340 g/mol. The number of hydrogen-bond donors (Lipinski definition) is 1. The Balaban J connectivity index is 1.86. The van der Waals surface area contributed by atoms with E-state index in [9.17, 15) is 20.0 Å². The maximum absolute atomic E-state index is 11.7. The average Bonchev–Trinajstić information content (AvgIpc) is 2.99. The molecule has 2 saturated carbocycles. The Labute approximate surface area is 124 Å². The molecule has 106 valence electrons. The Kier molecular flexibility index (Phi) is 3.08. The molecule has 3 rings (SSSR count). The Morgan fingerprint density at radius 3 is 2.60 bits per heavy atom. The van der Waals surface area contributed by atoms with Crippen LogP contribution in [0.1, 0.15) is 24.8 Å². The Morgan fingerprint density at radius 1 is 1.45 bits per heavy atom. The van der Waals surface area contributed by atoms with Crippen molar-refractivity contribution in [3.63, 3.8) is 0 Å². The summed E-state index contributed by atoms with van der Waals surface area (Å²) >= 11 is 3.32. The fraction of sp³-hybridized carbons (Fsp3) is 0.500. The normalized spacial score (nSPS) is 30.9. The molecule has 0 bridgehead atoms. The number of carboxylic acids is 1. The van der Waals surface area contributed by atoms with Crippen LogP contribution in [0.5, 0.6) is 0 Å². The van der Waals surface area contributed by atoms with E-state index in [-0.39, 0.29) is 5.69 Å². The summed E-state index contributed by atoms with van der Waals surface area (Å²) in [5.74, 6) is 0.404. The van der Waals surface area contributed by atoms with Gasteiger partial charge in [-0.25, -0.2) is 0 Å². The smallest absolute Gasteiger partial charge is 0.309 e. The number of carbonyl (C=O) groups is 1. The van der Waals surface area contributed by atoms with E-state index in [1.807, 2.05) is 0 Å². The molecule has 20 heavy (non-hydrogen) atoms. The molecule has 0 amide bonds. The first-order chi connectivity index (χ1) is 9.41. The van der Waals surface area contributed by atoms with E-state index in [1.165, 1.54) is 12.1 Å². The van der Waals surface area contributed by atoms with Crippen LogP contribution in [0.3, 0.4) is 0 Å². The molecular weight excluding hydrogens is 326 g/mol. The van der Waals surface area contributed by atoms with E-state index in [1.54, 1.807) is 6.07 Å². The number of carboxylic acid groups (broad SMARTS) is 1. The summed E-state index contributed by atoms with van der Waals surface area (Å²) in [6.45, 7) is 0. The van der Waals surface area contributed by atoms with Gasteiger partial charge in [0, 0.05) is 16.6 Å². The number of halogens is 1. The van der Waals surface area contributed by atoms with Gasteiger partial charge in [0.25, 0.3) is 5.69 Å². The van der Waals surface area contributed by atoms with Gasteiger partial charge in [0.05, 0.1) is 10.3 Å². The van der Waals surface area contributed by atoms with Crippen molar-refractivity contribution in [3.05, 3.63) is 38.3 Å². The number of fused-ring (bicyclic) bond motifs is 1. The van der Waals surface area contributed by atoms with Crippen LogP contribution < -0.4 is 0 Å². The van der Waals surface area contributed by atoms with Crippen molar-refractivity contribution in [2.75, 3.05) is 0 Å². The fourth-order valence-corrected chi connectivity index (χ4v) is 3.96. The molecule has 1 aromatic rings. The number of nitrogens with zero attached hydrogens (tertiary/aromatic N) is 1. The second-order valence-corrected chi connectivity index (χ2v) is 6.81. The van der Waals surface area contributed by atoms with Crippen molar-refractivity contribution in [2.24, 2.45) is 17.3 Å². The van der Waals surface area contributed by atoms with Gasteiger partial charge < -0.3 is 5.11 Å². The zero-order chi connectivity index (χ0) is 14.5. The maximum atomic E-state index is 11.7. The van der Waals surface area contributed by atoms with Crippen LogP contribution >= 0.6 is 15.9 Å². The quantitative estimate of drug-likeness (QED) is 0.673. The largest absolute Gasteiger partial charge is 0.481 e. The van der Waals surface area contributed by atoms with Gasteiger partial charge in [0.2, 0.25) is 0 Å². The van der Waals surface area contributed by atoms with Crippen LogP contribution in [0, 0.1) is 27.4 Å². The molecule has 2 unspecified atom stereocenters. The highest BCUT2D eigenvalue weighted by Crippen LogP contribution is 2.61. The Morgan fingerprint density at radius 2 is 2.10 bits per heavy atom. The van der Waals surface area contributed by atoms with Gasteiger partial charge in [-0.2, -0.15) is 0 Å². The van der Waals surface area contributed by atoms with Gasteiger partial charge in [-0.05, 0) is 43.1 Å². The lowest BCUT2D eigenvalue weighted by Gasteiger charge is -2.26. The Hall–Kier alpha value is -1.43. The van der Waals surface area contributed by atoms with E-state index in [2.05, 4.69) is 15.9 Å². The summed E-state index contributed by atoms with van der Waals surface area (Å²) in [6, 6.07) is 4.54. The highest BCUT2D eigenvalue weighted by Gasteiger charge is 2.57. The predicted molar refractivity (Wildman–Crippen MR) is 75.4 cm³/mol. The monoisotopic (exact) mass is 339 g/mol. The van der Waals surface area contributed by atoms with Gasteiger partial charge in [0.15, 0.2) is 0 Å². The minimum atomic E-state index is -0.741. The van der Waals surface area contributed by atoms with Crippen molar-refractivity contribution < 1.29 is 14.8 Å². The molecule has 1 N–H and O–H groups in total. The number of benzene rings is 1. The molecular formula is C14H14BrNO4. The van der Waals surface area contributed by atoms with Crippen molar-refractivity contribution in [2.45, 2.75) is 25.7 Å². The molecule has 6 heteroatoms. The van der Waals surface area contributed by atoms with E-state index < -0.39 is 16.3 Å². The second kappa shape index (κ2) is 4.55. The van der Waals surface area contributed by atoms with Gasteiger partial charge in [0.1, 0.15) is 0 Å². The number of rotatable bonds is 4. The highest BCUT2D eigenvalue weighted by molar-refractivity contribution is 9.10. The second-order valence-electron chi connectivity index (χ2n) is 5.96. The third-order valence-corrected chi connectivity index (χ3v) is 5.34. The molecule has 1 aromatic carbocycles. The molecule has 2 atom stereocenters. The molecule has 0 spiro atoms. The van der Waals surface area contributed by atoms with E-state index in [4.69, 9.17) is 0 Å². The SMILES string of the molecule is O=C(O)C1(Cc2ccc([N+](=O)[O-])cc2Br)CC2CC2C1. The summed E-state index contributed by atoms with van der Waals surface area (Å²) in [5, 5.41) is 20.3. The van der Waals surface area contributed by atoms with Crippen molar-refractivity contribution in [3.8, 4) is 0 Å². The number of aliphatic carboxylic acids is 1. The molecule has 0 saturated heterocycles. The summed E-state index contributed by atoms with van der Waals surface area (Å²) in [6.07, 6.45) is 3.07. The summed E-state index contributed by atoms with van der Waals surface area (Å²) in [4.78, 5) is 21.9. The highest BCUT2D eigenvalue weighted by atomic mass is 79.9. The lowest BCUT2D eigenvalue weighted by Crippen LogP contribution is -2.32. The first kappa shape index (κ1) is 13.5. The molecule has 5 nitrogen and oxygen atoms in total. The molecule has 2 aliphatic rings. The molecule has 2 aliphatic carbocycles. The zero-order valence-corrected chi connectivity index (χ0v) is 12.3. The van der Waals surface area contributed by atoms with Gasteiger partial charge in [-0.15, -0.1) is 0 Å². The van der Waals surface area contributed by atoms with Gasteiger partial charge >= 0.3 is 5.97 Å². The summed E-state index contributed by atoms with van der Waals surface area (Å²) in [5.41, 5.74) is 0.158. The van der Waals surface area contributed by atoms with Crippen LogP contribution in [0.15, 0.2) is 22.7 Å². The van der Waals surface area contributed by atoms with E-state index in [0.717, 1.165) is 24.8 Å². The van der Waals surface area contributed by atoms with Crippen molar-refractivity contribution in [1.82, 2.24) is 0 Å². The lowest BCUT2D eigenvalue weighted by atomic mass is 9.77. The van der Waals surface area contributed by atoms with Crippen molar-refractivity contribution >= 4 is 27.6 Å². The van der Waals surface area contributed by atoms with Crippen LogP contribution in [-0.4, -0.2) is 16.0 Å². The number of nitro benzene ring substituents is 1. The number of nitro groups is 1. The van der Waals surface area contributed by atoms with Crippen LogP contribution in [0.25, 0.3) is 0 Å². The topological polar surface area (TPSA) is 80.4 Å². The molecule has 0 aromatic heterocycles. The molecule has 0 heterocycles. The number of hydrogen-bond acceptors (Lipinski definition) is 3. The van der Waals surface area contributed by atoms with Crippen LogP contribution in [0.4, 0.5) is 5.69 Å². The molecule has 0 radical (unpaired) electrons. The first-order valence-corrected chi connectivity index (χ1v) is 7.37. The third-order valence-electron chi connectivity index (χ3n) is 4.60. The van der Waals surface area contributed by atoms with E-state index >= 15 is 0 Å². The van der Waals surface area contributed by atoms with Gasteiger partial charge in [-0.3, -0.25) is 14.9 Å². The summed E-state index contributed by atoms with van der Waals surface area (Å²) < 4.78 is 0.618. The minimum Gasteiger partial charge on any atom is -0.481 e. The van der Waals surface area contributed by atoms with Gasteiger partial charge in [-0.1, -0.05) is 22.0 Å². The van der Waals surface area contributed by atoms with E-state index in [0.29, 0.717) is 22.7 Å². The van der Waals surface area contributed by atoms with Crippen molar-refractivity contribution in [1.29, 1.82) is 0 Å². The van der Waals surface area contributed by atoms with Crippen LogP contribution in [-0.2, 0) is 11.2 Å². The summed E-state index contributed by atoms with van der Waals surface area (Å²) in [7, 11) is 0. The molecule has 0 aliphatic heterocycles. The Bertz CT molecular complexity index is 591. The van der Waals surface area contributed by atoms with Crippen LogP contribution in [0.2, 0.25) is 0 Å². The fourth-order valence-electron chi connectivity index (χ4n) is 3.45. The molecule has 2 fully saturated rings. The zero-order valence-electron chi connectivity index (χ0n) is 10.7. The standard InChI is InChI=1S/C14H14BrNO4/c15-12-4-11(16(19)20)2-1-8(12)5-14(13(17)18)6-9-3-10(9)7-14/h1-2,4,9-10H,3,5-7H2,(H,17,18). The minimum absolute atomic E-state index is 0.0132. The maximum Gasteiger partial charge on any atom is 0.309 e. The number of non-ortho nitro benzene ring substituents is 1. The lowest BCUT2D eigenvalue weighted by molar-refractivity contribution is -0.384.